The Hall–Kier alpha value is -0.120. The molecule has 1 N–H and O–H groups in total. The molecule has 0 rings (SSSR count). The number of aliphatic hydroxyl groups excluding tert-OH is 1. The monoisotopic (exact) mass is 330 g/mol. The molecule has 0 bridgehead atoms. The third-order valence-electron chi connectivity index (χ3n) is 4.20. The molecule has 1 unspecified atom stereocenters. The van der Waals surface area contributed by atoms with E-state index in [0.29, 0.717) is 12.5 Å². The van der Waals surface area contributed by atoms with Gasteiger partial charge in [0.15, 0.2) is 0 Å². The standard InChI is InChI=1S/C20H42O3/c1-15(2)12-18(23-17(5)6)20(13-21,14-22-16(3)4)11-10-19(7,8)9/h15-18,21H,10-14H2,1-9H3/t18?,20-/m0/s1. The van der Waals surface area contributed by atoms with Crippen LogP contribution in [-0.4, -0.2) is 36.6 Å². The van der Waals surface area contributed by atoms with Crippen LogP contribution in [0, 0.1) is 16.7 Å². The predicted octanol–water partition coefficient (Wildman–Crippen LogP) is 5.06. The first-order chi connectivity index (χ1) is 10.4. The molecule has 0 amide bonds. The van der Waals surface area contributed by atoms with E-state index in [1.54, 1.807) is 0 Å². The van der Waals surface area contributed by atoms with Crippen molar-refractivity contribution >= 4 is 0 Å². The molecule has 0 spiro atoms. The zero-order chi connectivity index (χ0) is 18.3. The second-order valence-electron chi connectivity index (χ2n) is 9.24. The minimum atomic E-state index is -0.327. The Labute approximate surface area is 145 Å². The van der Waals surface area contributed by atoms with Gasteiger partial charge in [-0.25, -0.2) is 0 Å². The molecule has 0 fully saturated rings. The molecule has 0 aliphatic heterocycles. The smallest absolute Gasteiger partial charge is 0.0681 e. The van der Waals surface area contributed by atoms with E-state index >= 15 is 0 Å². The van der Waals surface area contributed by atoms with Crippen molar-refractivity contribution in [3.05, 3.63) is 0 Å². The molecular weight excluding hydrogens is 288 g/mol. The fraction of sp³-hybridized carbons (Fsp3) is 1.00. The van der Waals surface area contributed by atoms with Gasteiger partial charge in [-0.15, -0.1) is 0 Å². The average molecular weight is 331 g/mol. The number of hydrogen-bond acceptors (Lipinski definition) is 3. The van der Waals surface area contributed by atoms with Gasteiger partial charge in [-0.05, 0) is 58.3 Å². The van der Waals surface area contributed by atoms with Gasteiger partial charge in [-0.3, -0.25) is 0 Å². The Morgan fingerprint density at radius 3 is 1.78 bits per heavy atom. The van der Waals surface area contributed by atoms with Gasteiger partial charge in [-0.2, -0.15) is 0 Å². The predicted molar refractivity (Wildman–Crippen MR) is 98.8 cm³/mol. The maximum atomic E-state index is 10.3. The lowest BCUT2D eigenvalue weighted by atomic mass is 9.72. The number of ether oxygens (including phenoxy) is 2. The summed E-state index contributed by atoms with van der Waals surface area (Å²) in [6, 6.07) is 0. The Bertz CT molecular complexity index is 294. The fourth-order valence-electron chi connectivity index (χ4n) is 2.72. The largest absolute Gasteiger partial charge is 0.396 e. The Kier molecular flexibility index (Phi) is 9.95. The average Bonchev–Trinajstić information content (AvgIpc) is 2.36. The maximum absolute atomic E-state index is 10.3. The van der Waals surface area contributed by atoms with Crippen molar-refractivity contribution in [3.63, 3.8) is 0 Å². The minimum absolute atomic E-state index is 0.0219. The third-order valence-corrected chi connectivity index (χ3v) is 4.20. The van der Waals surface area contributed by atoms with Crippen LogP contribution in [0.5, 0.6) is 0 Å². The highest BCUT2D eigenvalue weighted by molar-refractivity contribution is 4.90. The zero-order valence-electron chi connectivity index (χ0n) is 17.1. The van der Waals surface area contributed by atoms with E-state index in [4.69, 9.17) is 9.47 Å². The van der Waals surface area contributed by atoms with Crippen LogP contribution in [0.15, 0.2) is 0 Å². The molecule has 2 atom stereocenters. The summed E-state index contributed by atoms with van der Waals surface area (Å²) in [6.07, 6.45) is 3.25. The van der Waals surface area contributed by atoms with Crippen molar-refractivity contribution < 1.29 is 14.6 Å². The van der Waals surface area contributed by atoms with E-state index in [2.05, 4.69) is 48.5 Å². The van der Waals surface area contributed by atoms with Crippen molar-refractivity contribution in [2.45, 2.75) is 99.9 Å². The van der Waals surface area contributed by atoms with Gasteiger partial charge in [0.2, 0.25) is 0 Å². The van der Waals surface area contributed by atoms with E-state index < -0.39 is 0 Å². The number of rotatable bonds is 11. The summed E-state index contributed by atoms with van der Waals surface area (Å²) >= 11 is 0. The normalized spacial score (nSPS) is 17.1. The van der Waals surface area contributed by atoms with Gasteiger partial charge in [0.25, 0.3) is 0 Å². The molecule has 0 aliphatic rings. The highest BCUT2D eigenvalue weighted by Gasteiger charge is 2.41. The molecule has 0 aliphatic carbocycles. The van der Waals surface area contributed by atoms with Gasteiger partial charge >= 0.3 is 0 Å². The van der Waals surface area contributed by atoms with Crippen molar-refractivity contribution in [2.24, 2.45) is 16.7 Å². The van der Waals surface area contributed by atoms with E-state index in [1.807, 2.05) is 13.8 Å². The first-order valence-corrected chi connectivity index (χ1v) is 9.30. The van der Waals surface area contributed by atoms with Gasteiger partial charge in [-0.1, -0.05) is 34.6 Å². The van der Waals surface area contributed by atoms with Crippen LogP contribution in [0.3, 0.4) is 0 Å². The van der Waals surface area contributed by atoms with Crippen LogP contribution in [-0.2, 0) is 9.47 Å². The third kappa shape index (κ3) is 9.69. The van der Waals surface area contributed by atoms with Crippen LogP contribution in [0.4, 0.5) is 0 Å². The summed E-state index contributed by atoms with van der Waals surface area (Å²) in [4.78, 5) is 0. The Morgan fingerprint density at radius 1 is 0.870 bits per heavy atom. The van der Waals surface area contributed by atoms with Crippen LogP contribution in [0.1, 0.15) is 81.6 Å². The first-order valence-electron chi connectivity index (χ1n) is 9.30. The molecule has 0 saturated heterocycles. The lowest BCUT2D eigenvalue weighted by Crippen LogP contribution is -2.47. The van der Waals surface area contributed by atoms with Crippen molar-refractivity contribution in [1.82, 2.24) is 0 Å². The van der Waals surface area contributed by atoms with Gasteiger partial charge in [0, 0.05) is 5.41 Å². The van der Waals surface area contributed by atoms with Crippen LogP contribution < -0.4 is 0 Å². The summed E-state index contributed by atoms with van der Waals surface area (Å²) in [5.74, 6) is 0.526. The van der Waals surface area contributed by atoms with E-state index in [-0.39, 0.29) is 35.7 Å². The highest BCUT2D eigenvalue weighted by atomic mass is 16.5. The molecule has 0 saturated carbocycles. The lowest BCUT2D eigenvalue weighted by molar-refractivity contribution is -0.141. The second kappa shape index (κ2) is 10.0. The van der Waals surface area contributed by atoms with Crippen LogP contribution in [0.2, 0.25) is 0 Å². The molecule has 0 aromatic heterocycles. The quantitative estimate of drug-likeness (QED) is 0.576. The molecule has 0 aromatic rings. The molecule has 3 heteroatoms. The van der Waals surface area contributed by atoms with Crippen molar-refractivity contribution in [1.29, 1.82) is 0 Å². The topological polar surface area (TPSA) is 38.7 Å². The highest BCUT2D eigenvalue weighted by Crippen LogP contribution is 2.38. The van der Waals surface area contributed by atoms with Crippen molar-refractivity contribution in [3.8, 4) is 0 Å². The molecule has 0 heterocycles. The summed E-state index contributed by atoms with van der Waals surface area (Å²) in [5.41, 5.74) is -0.0927. The summed E-state index contributed by atoms with van der Waals surface area (Å²) < 4.78 is 12.2. The van der Waals surface area contributed by atoms with Crippen LogP contribution in [0.25, 0.3) is 0 Å². The fourth-order valence-corrected chi connectivity index (χ4v) is 2.72. The second-order valence-corrected chi connectivity index (χ2v) is 9.24. The Morgan fingerprint density at radius 2 is 1.43 bits per heavy atom. The van der Waals surface area contributed by atoms with E-state index in [0.717, 1.165) is 19.3 Å². The molecule has 0 radical (unpaired) electrons. The molecular formula is C20H42O3. The SMILES string of the molecule is CC(C)CC(OC(C)C)[C@](CO)(CCC(C)(C)C)COC(C)C. The maximum Gasteiger partial charge on any atom is 0.0681 e. The summed E-state index contributed by atoms with van der Waals surface area (Å²) in [7, 11) is 0. The number of aliphatic hydroxyl groups is 1. The number of hydrogen-bond donors (Lipinski definition) is 1. The van der Waals surface area contributed by atoms with E-state index in [9.17, 15) is 5.11 Å². The van der Waals surface area contributed by atoms with E-state index in [1.165, 1.54) is 0 Å². The first kappa shape index (κ1) is 22.9. The van der Waals surface area contributed by atoms with Crippen molar-refractivity contribution in [2.75, 3.05) is 13.2 Å². The summed E-state index contributed by atoms with van der Waals surface area (Å²) in [6.45, 7) is 20.1. The molecule has 23 heavy (non-hydrogen) atoms. The minimum Gasteiger partial charge on any atom is -0.396 e. The molecule has 140 valence electrons. The van der Waals surface area contributed by atoms with Gasteiger partial charge < -0.3 is 14.6 Å². The lowest BCUT2D eigenvalue weighted by Gasteiger charge is -2.42. The summed E-state index contributed by atoms with van der Waals surface area (Å²) in [5, 5.41) is 10.3. The van der Waals surface area contributed by atoms with Crippen LogP contribution >= 0.6 is 0 Å². The Balaban J connectivity index is 5.41. The van der Waals surface area contributed by atoms with Gasteiger partial charge in [0.05, 0.1) is 31.5 Å². The molecule has 3 nitrogen and oxygen atoms in total. The molecule has 0 aromatic carbocycles. The van der Waals surface area contributed by atoms with Gasteiger partial charge in [0.1, 0.15) is 0 Å². The zero-order valence-corrected chi connectivity index (χ0v) is 17.1.